The predicted octanol–water partition coefficient (Wildman–Crippen LogP) is 3.53. The molecule has 1 saturated heterocycles. The van der Waals surface area contributed by atoms with E-state index in [1.165, 1.54) is 35.6 Å². The minimum Gasteiger partial charge on any atom is -0.392 e. The standard InChI is InChI=1S/C30H42FN3O5S2/c1-19(29(36)32-10-11-34-12-14-39-15-13-34)23-8-9-30(3)16-24-27(20(2)26(30)28(23)35)33-25(40-24)18-41(37,38)17-21-4-6-22(31)7-5-21/h4-7,19-20,23,26,28,35H,8-18H2,1-3H3,(H,32,36)/t19-,20-,23+,26+,28-,30-/m0/s1. The van der Waals surface area contributed by atoms with Crippen molar-refractivity contribution in [3.05, 3.63) is 51.2 Å². The highest BCUT2D eigenvalue weighted by atomic mass is 32.2. The van der Waals surface area contributed by atoms with Crippen molar-refractivity contribution >= 4 is 27.1 Å². The van der Waals surface area contributed by atoms with Gasteiger partial charge in [0.15, 0.2) is 9.84 Å². The van der Waals surface area contributed by atoms with E-state index in [2.05, 4.69) is 24.1 Å². The number of aliphatic hydroxyl groups excluding tert-OH is 1. The van der Waals surface area contributed by atoms with Crippen LogP contribution in [0.5, 0.6) is 0 Å². The molecule has 0 bridgehead atoms. The first-order valence-corrected chi connectivity index (χ1v) is 17.3. The smallest absolute Gasteiger partial charge is 0.223 e. The number of hydrogen-bond donors (Lipinski definition) is 2. The number of sulfone groups is 1. The minimum absolute atomic E-state index is 0.0163. The molecule has 2 heterocycles. The summed E-state index contributed by atoms with van der Waals surface area (Å²) in [6, 6.07) is 5.53. The quantitative estimate of drug-likeness (QED) is 0.449. The maximum atomic E-state index is 13.2. The zero-order chi connectivity index (χ0) is 29.4. The van der Waals surface area contributed by atoms with Gasteiger partial charge in [-0.3, -0.25) is 9.69 Å². The maximum Gasteiger partial charge on any atom is 0.223 e. The number of carbonyl (C=O) groups excluding carboxylic acids is 1. The number of rotatable bonds is 9. The van der Waals surface area contributed by atoms with E-state index >= 15 is 0 Å². The number of hydrogen-bond acceptors (Lipinski definition) is 8. The average molecular weight is 608 g/mol. The number of morpholine rings is 1. The topological polar surface area (TPSA) is 109 Å². The summed E-state index contributed by atoms with van der Waals surface area (Å²) in [5, 5.41) is 15.3. The van der Waals surface area contributed by atoms with Crippen LogP contribution in [0, 0.1) is 29.0 Å². The van der Waals surface area contributed by atoms with Crippen LogP contribution in [0.15, 0.2) is 24.3 Å². The molecule has 1 saturated carbocycles. The Morgan fingerprint density at radius 3 is 2.68 bits per heavy atom. The van der Waals surface area contributed by atoms with Crippen molar-refractivity contribution < 1.29 is 27.4 Å². The monoisotopic (exact) mass is 607 g/mol. The van der Waals surface area contributed by atoms with Crippen molar-refractivity contribution in [2.75, 3.05) is 39.4 Å². The summed E-state index contributed by atoms with van der Waals surface area (Å²) in [4.78, 5) is 21.3. The largest absolute Gasteiger partial charge is 0.392 e. The molecule has 1 aromatic heterocycles. The summed E-state index contributed by atoms with van der Waals surface area (Å²) in [5.41, 5.74) is 1.28. The summed E-state index contributed by atoms with van der Waals surface area (Å²) in [6.45, 7) is 10.8. The Labute approximate surface area is 246 Å². The Balaban J connectivity index is 1.24. The molecule has 0 radical (unpaired) electrons. The normalized spacial score (nSPS) is 29.4. The lowest BCUT2D eigenvalue weighted by Gasteiger charge is -2.53. The fraction of sp³-hybridized carbons (Fsp3) is 0.667. The molecule has 8 nitrogen and oxygen atoms in total. The molecule has 0 unspecified atom stereocenters. The molecule has 2 N–H and O–H groups in total. The van der Waals surface area contributed by atoms with Gasteiger partial charge in [0, 0.05) is 42.9 Å². The number of benzene rings is 1. The third kappa shape index (κ3) is 6.85. The Hall–Kier alpha value is -1.92. The summed E-state index contributed by atoms with van der Waals surface area (Å²) in [6.07, 6.45) is 1.76. The average Bonchev–Trinajstić information content (AvgIpc) is 3.31. The molecule has 1 amide bonds. The number of nitrogens with one attached hydrogen (secondary N) is 1. The third-order valence-electron chi connectivity index (χ3n) is 9.50. The van der Waals surface area contributed by atoms with Crippen LogP contribution in [0.1, 0.15) is 60.7 Å². The Morgan fingerprint density at radius 1 is 1.27 bits per heavy atom. The second-order valence-corrected chi connectivity index (χ2v) is 15.7. The third-order valence-corrected chi connectivity index (χ3v) is 12.2. The molecule has 1 aromatic carbocycles. The molecule has 3 aliphatic rings. The lowest BCUT2D eigenvalue weighted by atomic mass is 9.53. The van der Waals surface area contributed by atoms with Crippen LogP contribution in [-0.2, 0) is 37.3 Å². The molecule has 2 aliphatic carbocycles. The number of thiazole rings is 1. The Kier molecular flexibility index (Phi) is 9.21. The second kappa shape index (κ2) is 12.4. The molecule has 5 rings (SSSR count). The first-order chi connectivity index (χ1) is 19.5. The number of aliphatic hydroxyl groups is 1. The summed E-state index contributed by atoms with van der Waals surface area (Å²) in [5.74, 6) is -1.32. The number of nitrogens with zero attached hydrogens (tertiary/aromatic N) is 2. The van der Waals surface area contributed by atoms with E-state index in [0.29, 0.717) is 17.1 Å². The van der Waals surface area contributed by atoms with E-state index in [0.717, 1.165) is 62.7 Å². The van der Waals surface area contributed by atoms with E-state index in [9.17, 15) is 22.7 Å². The highest BCUT2D eigenvalue weighted by molar-refractivity contribution is 7.90. The predicted molar refractivity (Wildman–Crippen MR) is 157 cm³/mol. The van der Waals surface area contributed by atoms with Gasteiger partial charge in [-0.2, -0.15) is 0 Å². The van der Waals surface area contributed by atoms with Gasteiger partial charge in [0.2, 0.25) is 5.91 Å². The number of amides is 1. The molecule has 6 atom stereocenters. The van der Waals surface area contributed by atoms with Crippen LogP contribution in [0.3, 0.4) is 0 Å². The van der Waals surface area contributed by atoms with Crippen molar-refractivity contribution in [3.8, 4) is 0 Å². The zero-order valence-electron chi connectivity index (χ0n) is 24.1. The SMILES string of the molecule is C[C@H](C(=O)NCCN1CCOCC1)[C@H]1CC[C@@]2(C)Cc3sc(CS(=O)(=O)Cc4ccc(F)cc4)nc3[C@@H](C)[C@@H]2[C@H]1O. The lowest BCUT2D eigenvalue weighted by molar-refractivity contribution is -0.134. The van der Waals surface area contributed by atoms with E-state index in [1.54, 1.807) is 0 Å². The van der Waals surface area contributed by atoms with Crippen molar-refractivity contribution in [3.63, 3.8) is 0 Å². The number of aromatic nitrogens is 1. The van der Waals surface area contributed by atoms with Gasteiger partial charge in [-0.25, -0.2) is 17.8 Å². The second-order valence-electron chi connectivity index (χ2n) is 12.4. The molecule has 0 spiro atoms. The van der Waals surface area contributed by atoms with Crippen molar-refractivity contribution in [1.82, 2.24) is 15.2 Å². The Morgan fingerprint density at radius 2 is 1.98 bits per heavy atom. The molecular weight excluding hydrogens is 565 g/mol. The molecule has 1 aliphatic heterocycles. The highest BCUT2D eigenvalue weighted by Gasteiger charge is 2.53. The van der Waals surface area contributed by atoms with Crippen molar-refractivity contribution in [1.29, 1.82) is 0 Å². The molecule has 11 heteroatoms. The fourth-order valence-corrected chi connectivity index (χ4v) is 10.4. The van der Waals surface area contributed by atoms with E-state index in [-0.39, 0.29) is 46.5 Å². The van der Waals surface area contributed by atoms with Gasteiger partial charge in [-0.1, -0.05) is 32.9 Å². The van der Waals surface area contributed by atoms with Gasteiger partial charge in [0.25, 0.3) is 0 Å². The fourth-order valence-electron chi connectivity index (χ4n) is 7.25. The van der Waals surface area contributed by atoms with Gasteiger partial charge in [0.1, 0.15) is 16.6 Å². The first kappa shape index (κ1) is 30.5. The van der Waals surface area contributed by atoms with Crippen LogP contribution in [0.4, 0.5) is 4.39 Å². The van der Waals surface area contributed by atoms with Crippen molar-refractivity contribution in [2.24, 2.45) is 23.2 Å². The first-order valence-electron chi connectivity index (χ1n) is 14.6. The minimum atomic E-state index is -3.49. The van der Waals surface area contributed by atoms with Gasteiger partial charge in [0.05, 0.1) is 30.8 Å². The van der Waals surface area contributed by atoms with Gasteiger partial charge in [-0.15, -0.1) is 11.3 Å². The molecule has 2 aromatic rings. The highest BCUT2D eigenvalue weighted by Crippen LogP contribution is 2.57. The van der Waals surface area contributed by atoms with Crippen LogP contribution in [-0.4, -0.2) is 74.8 Å². The number of ether oxygens (including phenoxy) is 1. The van der Waals surface area contributed by atoms with E-state index in [4.69, 9.17) is 9.72 Å². The zero-order valence-corrected chi connectivity index (χ0v) is 25.8. The molecule has 2 fully saturated rings. The maximum absolute atomic E-state index is 13.2. The summed E-state index contributed by atoms with van der Waals surface area (Å²) < 4.78 is 44.5. The van der Waals surface area contributed by atoms with Crippen molar-refractivity contribution in [2.45, 2.75) is 63.6 Å². The lowest BCUT2D eigenvalue weighted by Crippen LogP contribution is -2.53. The number of carbonyl (C=O) groups is 1. The number of fused-ring (bicyclic) bond motifs is 2. The van der Waals surface area contributed by atoms with Crippen LogP contribution >= 0.6 is 11.3 Å². The Bertz CT molecular complexity index is 1330. The molecule has 41 heavy (non-hydrogen) atoms. The van der Waals surface area contributed by atoms with Gasteiger partial charge < -0.3 is 15.2 Å². The van der Waals surface area contributed by atoms with Crippen LogP contribution < -0.4 is 5.32 Å². The molecular formula is C30H42FN3O5S2. The summed E-state index contributed by atoms with van der Waals surface area (Å²) in [7, 11) is -3.49. The molecule has 226 valence electrons. The summed E-state index contributed by atoms with van der Waals surface area (Å²) >= 11 is 1.46. The van der Waals surface area contributed by atoms with E-state index < -0.39 is 21.8 Å². The van der Waals surface area contributed by atoms with Gasteiger partial charge >= 0.3 is 0 Å². The van der Waals surface area contributed by atoms with Gasteiger partial charge in [-0.05, 0) is 54.2 Å². The van der Waals surface area contributed by atoms with Crippen LogP contribution in [0.25, 0.3) is 0 Å². The van der Waals surface area contributed by atoms with E-state index in [1.807, 2.05) is 6.92 Å². The van der Waals surface area contributed by atoms with Crippen LogP contribution in [0.2, 0.25) is 0 Å². The number of halogens is 1.